The van der Waals surface area contributed by atoms with Crippen molar-refractivity contribution in [3.05, 3.63) is 112 Å². The molecule has 3 aromatic carbocycles. The van der Waals surface area contributed by atoms with Crippen LogP contribution in [0.2, 0.25) is 0 Å². The number of phenols is 4. The summed E-state index contributed by atoms with van der Waals surface area (Å²) in [6.07, 6.45) is -24.1. The molecule has 13 N–H and O–H groups in total. The smallest absolute Gasteiger partial charge is 0.330 e. The standard InChI is InChI=1S/C52H54O26/c1-69-33-15-23(3-11-29(33)57)5-13-39(60)70-20-36-41(62)44(65)47(68)51(76-36)78-49-45(66)42(63)37(21-71-38(59)12-4-22-2-10-28(56)30(58)14-22)77-52(49)74-34-18-27-31(72-48(34)24-6-8-25(54)9-7-24)16-26(55)17-32(27)73-50-46(67)43(64)40(61)35(19-53)75-50/h2-18,35-37,40-47,49-54,56-58,61-68H,19-21H2,1H3/t35-,36+,37-,40-,41-,42-,43+,44+,45+,46-,47+,49-,50-,51+,52-/m1/s1. The number of fused-ring (bicyclic) bond motifs is 1. The molecule has 3 saturated heterocycles. The van der Waals surface area contributed by atoms with E-state index in [0.717, 1.165) is 30.4 Å². The molecule has 0 spiro atoms. The van der Waals surface area contributed by atoms with Crippen molar-refractivity contribution in [2.24, 2.45) is 0 Å². The van der Waals surface area contributed by atoms with Gasteiger partial charge in [0.2, 0.25) is 12.6 Å². The molecule has 26 nitrogen and oxygen atoms in total. The van der Waals surface area contributed by atoms with Crippen LogP contribution in [0.5, 0.6) is 40.2 Å². The lowest BCUT2D eigenvalue weighted by Gasteiger charge is -2.46. The van der Waals surface area contributed by atoms with E-state index in [1.807, 2.05) is 0 Å². The van der Waals surface area contributed by atoms with Gasteiger partial charge in [-0.05, 0) is 77.9 Å². The zero-order valence-electron chi connectivity index (χ0n) is 40.7. The van der Waals surface area contributed by atoms with Crippen LogP contribution in [0.25, 0.3) is 34.8 Å². The third-order valence-electron chi connectivity index (χ3n) is 12.7. The normalized spacial score (nSPS) is 29.3. The first kappa shape index (κ1) is 56.8. The second-order valence-electron chi connectivity index (χ2n) is 18.0. The number of benzene rings is 4. The summed E-state index contributed by atoms with van der Waals surface area (Å²) in [6.45, 7) is -2.39. The van der Waals surface area contributed by atoms with Crippen molar-refractivity contribution in [1.29, 1.82) is 0 Å². The summed E-state index contributed by atoms with van der Waals surface area (Å²) < 4.78 is 57.7. The Morgan fingerprint density at radius 2 is 1.10 bits per heavy atom. The van der Waals surface area contributed by atoms with E-state index in [1.165, 1.54) is 79.9 Å². The maximum atomic E-state index is 13.1. The number of aliphatic hydroxyl groups excluding tert-OH is 9. The van der Waals surface area contributed by atoms with E-state index in [4.69, 9.17) is 47.0 Å². The molecule has 0 unspecified atom stereocenters. The Morgan fingerprint density at radius 3 is 1.72 bits per heavy atom. The number of hydrogen-bond donors (Lipinski definition) is 13. The van der Waals surface area contributed by atoms with Crippen molar-refractivity contribution in [3.8, 4) is 62.9 Å². The van der Waals surface area contributed by atoms with Crippen LogP contribution in [0.4, 0.5) is 0 Å². The number of carbonyl (C=O) groups excluding carboxylic acids is 2. The van der Waals surface area contributed by atoms with Gasteiger partial charge in [-0.25, -0.2) is 9.59 Å². The van der Waals surface area contributed by atoms with Crippen molar-refractivity contribution in [2.75, 3.05) is 26.9 Å². The second kappa shape index (κ2) is 24.5. The van der Waals surface area contributed by atoms with Crippen molar-refractivity contribution in [3.63, 3.8) is 0 Å². The highest BCUT2D eigenvalue weighted by Crippen LogP contribution is 2.44. The SMILES string of the molecule is COc1cc(C=CC(=O)OC[C@@H]2O[C@@H](O[C@H]3[C@H](Oc4cc5c(O[C@@H]6O[C@H](CO)[C@@H](O)[C@H](O)[C@H]6O)cc(=O)cc-5oc4-c4ccc(O)cc4)O[C@H](COC(=O)C=Cc4ccc(O)c(O)c4)[C@@H](O)[C@@H]3O)[C@@H](O)[C@@H](O)[C@@H]2O)ccc1O. The first-order chi connectivity index (χ1) is 37.2. The molecule has 0 bridgehead atoms. The van der Waals surface area contributed by atoms with Crippen LogP contribution in [0.1, 0.15) is 11.1 Å². The van der Waals surface area contributed by atoms with E-state index >= 15 is 0 Å². The zero-order chi connectivity index (χ0) is 56.1. The van der Waals surface area contributed by atoms with Crippen LogP contribution in [0.15, 0.2) is 100 Å². The lowest BCUT2D eigenvalue weighted by molar-refractivity contribution is -0.358. The van der Waals surface area contributed by atoms with Crippen LogP contribution in [-0.2, 0) is 38.0 Å². The van der Waals surface area contributed by atoms with E-state index in [-0.39, 0.29) is 57.0 Å². The van der Waals surface area contributed by atoms with Gasteiger partial charge in [0.1, 0.15) is 97.6 Å². The Morgan fingerprint density at radius 1 is 0.551 bits per heavy atom. The number of rotatable bonds is 17. The molecule has 4 aliphatic heterocycles. The molecule has 3 aromatic rings. The highest BCUT2D eigenvalue weighted by Gasteiger charge is 2.52. The van der Waals surface area contributed by atoms with Crippen LogP contribution in [-0.4, -0.2) is 197 Å². The number of carbonyl (C=O) groups is 2. The maximum Gasteiger partial charge on any atom is 0.330 e. The molecule has 0 saturated carbocycles. The lowest BCUT2D eigenvalue weighted by Crippen LogP contribution is -2.65. The average Bonchev–Trinajstić information content (AvgIpc) is 3.51. The summed E-state index contributed by atoms with van der Waals surface area (Å²) in [6, 6.07) is 16.4. The molecule has 418 valence electrons. The van der Waals surface area contributed by atoms with E-state index in [2.05, 4.69) is 0 Å². The molecule has 5 aliphatic rings. The number of phenolic OH excluding ortho intramolecular Hbond substituents is 4. The minimum absolute atomic E-state index is 0.115. The Balaban J connectivity index is 1.11. The summed E-state index contributed by atoms with van der Waals surface area (Å²) >= 11 is 0. The Labute approximate surface area is 440 Å². The molecule has 3 fully saturated rings. The number of esters is 2. The average molecular weight is 1090 g/mol. The van der Waals surface area contributed by atoms with Gasteiger partial charge in [-0.1, -0.05) is 12.1 Å². The molecular formula is C52H54O26. The minimum Gasteiger partial charge on any atom is -0.508 e. The topological polar surface area (TPSA) is 410 Å². The van der Waals surface area contributed by atoms with Gasteiger partial charge < -0.3 is 113 Å². The van der Waals surface area contributed by atoms with E-state index in [9.17, 15) is 80.8 Å². The predicted molar refractivity (Wildman–Crippen MR) is 260 cm³/mol. The largest absolute Gasteiger partial charge is 0.508 e. The van der Waals surface area contributed by atoms with Crippen molar-refractivity contribution in [2.45, 2.75) is 92.1 Å². The number of ether oxygens (including phenoxy) is 9. The summed E-state index contributed by atoms with van der Waals surface area (Å²) in [5.41, 5.74) is 0.0147. The third kappa shape index (κ3) is 12.8. The molecule has 0 amide bonds. The first-order valence-electron chi connectivity index (χ1n) is 23.7. The molecule has 1 aliphatic carbocycles. The molecular weight excluding hydrogens is 1040 g/mol. The summed E-state index contributed by atoms with van der Waals surface area (Å²) in [5.74, 6) is -4.29. The predicted octanol–water partition coefficient (Wildman–Crippen LogP) is -1.05. The minimum atomic E-state index is -2.15. The Hall–Kier alpha value is -7.41. The molecule has 78 heavy (non-hydrogen) atoms. The highest BCUT2D eigenvalue weighted by molar-refractivity contribution is 5.88. The number of methoxy groups -OCH3 is 1. The number of hydrogen-bond acceptors (Lipinski definition) is 26. The van der Waals surface area contributed by atoms with Gasteiger partial charge in [0, 0.05) is 29.8 Å². The molecule has 15 atom stereocenters. The van der Waals surface area contributed by atoms with Crippen molar-refractivity contribution < 1.29 is 123 Å². The molecule has 0 radical (unpaired) electrons. The van der Waals surface area contributed by atoms with Crippen molar-refractivity contribution >= 4 is 24.1 Å². The second-order valence-corrected chi connectivity index (χ2v) is 18.0. The third-order valence-corrected chi connectivity index (χ3v) is 12.7. The van der Waals surface area contributed by atoms with Gasteiger partial charge in [-0.3, -0.25) is 4.79 Å². The van der Waals surface area contributed by atoms with Crippen LogP contribution in [0, 0.1) is 0 Å². The van der Waals surface area contributed by atoms with Crippen LogP contribution in [0.3, 0.4) is 0 Å². The number of aliphatic hydroxyl groups is 9. The van der Waals surface area contributed by atoms with Gasteiger partial charge >= 0.3 is 11.9 Å². The Kier molecular flexibility index (Phi) is 17.8. The molecule has 0 aromatic heterocycles. The molecule has 26 heteroatoms. The van der Waals surface area contributed by atoms with Gasteiger partial charge in [-0.15, -0.1) is 0 Å². The van der Waals surface area contributed by atoms with Gasteiger partial charge in [0.25, 0.3) is 0 Å². The van der Waals surface area contributed by atoms with Crippen molar-refractivity contribution in [1.82, 2.24) is 0 Å². The van der Waals surface area contributed by atoms with E-state index in [1.54, 1.807) is 0 Å². The maximum absolute atomic E-state index is 13.1. The Bertz CT molecular complexity index is 2980. The monoisotopic (exact) mass is 1090 g/mol. The fourth-order valence-corrected chi connectivity index (χ4v) is 8.37. The summed E-state index contributed by atoms with van der Waals surface area (Å²) in [4.78, 5) is 38.9. The molecule has 8 rings (SSSR count). The fourth-order valence-electron chi connectivity index (χ4n) is 8.37. The molecule has 4 heterocycles. The van der Waals surface area contributed by atoms with E-state index in [0.29, 0.717) is 5.56 Å². The zero-order valence-corrected chi connectivity index (χ0v) is 40.7. The first-order valence-corrected chi connectivity index (χ1v) is 23.7. The van der Waals surface area contributed by atoms with Crippen LogP contribution < -0.4 is 19.6 Å². The fraction of sp³-hybridized carbons (Fsp3) is 0.365. The van der Waals surface area contributed by atoms with Gasteiger partial charge in [0.05, 0.1) is 19.3 Å². The van der Waals surface area contributed by atoms with Crippen LogP contribution >= 0.6 is 0 Å². The van der Waals surface area contributed by atoms with E-state index < -0.39 is 141 Å². The van der Waals surface area contributed by atoms with Gasteiger partial charge in [-0.2, -0.15) is 0 Å². The van der Waals surface area contributed by atoms with Gasteiger partial charge in [0.15, 0.2) is 52.3 Å². The highest BCUT2D eigenvalue weighted by atomic mass is 16.8. The summed E-state index contributed by atoms with van der Waals surface area (Å²) in [5, 5.41) is 138. The lowest BCUT2D eigenvalue weighted by atomic mass is 9.97. The number of aromatic hydroxyl groups is 4. The summed E-state index contributed by atoms with van der Waals surface area (Å²) in [7, 11) is 1.33. The quantitative estimate of drug-likeness (QED) is 0.0300.